The molecule has 96 valence electrons. The molecule has 1 nitrogen and oxygen atoms in total. The number of likely N-dealkylation sites (N-methyl/N-ethyl adjacent to an activating group) is 1. The van der Waals surface area contributed by atoms with Crippen molar-refractivity contribution < 1.29 is 0 Å². The first-order chi connectivity index (χ1) is 8.78. The largest absolute Gasteiger partial charge is 0.319 e. The Kier molecular flexibility index (Phi) is 4.77. The summed E-state index contributed by atoms with van der Waals surface area (Å²) in [6, 6.07) is 8.97. The third-order valence-electron chi connectivity index (χ3n) is 3.40. The van der Waals surface area contributed by atoms with E-state index in [1.165, 1.54) is 23.1 Å². The second-order valence-electron chi connectivity index (χ2n) is 5.21. The van der Waals surface area contributed by atoms with Crippen molar-refractivity contribution in [1.29, 1.82) is 0 Å². The Morgan fingerprint density at radius 1 is 1.28 bits per heavy atom. The van der Waals surface area contributed by atoms with Gasteiger partial charge in [0.05, 0.1) is 0 Å². The topological polar surface area (TPSA) is 12.0 Å². The van der Waals surface area contributed by atoms with Gasteiger partial charge in [-0.15, -0.1) is 0 Å². The smallest absolute Gasteiger partial charge is 0.00114 e. The standard InChI is InChI=1S/C17H23N/c1-14-5-3-7-16(11-14)13-17-8-4-6-15(12-17)9-10-18-2/h3-4,6-8,11-12,14,18H,5,9-10,13H2,1-2H3. The van der Waals surface area contributed by atoms with E-state index in [-0.39, 0.29) is 0 Å². The molecule has 0 saturated heterocycles. The molecule has 1 aliphatic carbocycles. The number of hydrogen-bond acceptors (Lipinski definition) is 1. The Morgan fingerprint density at radius 2 is 2.11 bits per heavy atom. The maximum absolute atomic E-state index is 3.20. The first-order valence-corrected chi connectivity index (χ1v) is 6.87. The first-order valence-electron chi connectivity index (χ1n) is 6.87. The van der Waals surface area contributed by atoms with Crippen molar-refractivity contribution in [2.24, 2.45) is 5.92 Å². The third kappa shape index (κ3) is 3.85. The number of rotatable bonds is 5. The van der Waals surface area contributed by atoms with Gasteiger partial charge in [-0.05, 0) is 55.5 Å². The second-order valence-corrected chi connectivity index (χ2v) is 5.21. The fourth-order valence-electron chi connectivity index (χ4n) is 2.44. The summed E-state index contributed by atoms with van der Waals surface area (Å²) < 4.78 is 0. The van der Waals surface area contributed by atoms with Crippen LogP contribution in [0.25, 0.3) is 0 Å². The van der Waals surface area contributed by atoms with Gasteiger partial charge in [-0.3, -0.25) is 0 Å². The fourth-order valence-corrected chi connectivity index (χ4v) is 2.44. The zero-order valence-electron chi connectivity index (χ0n) is 11.4. The van der Waals surface area contributed by atoms with Crippen molar-refractivity contribution in [2.45, 2.75) is 26.2 Å². The quantitative estimate of drug-likeness (QED) is 0.832. The molecule has 2 rings (SSSR count). The predicted molar refractivity (Wildman–Crippen MR) is 78.8 cm³/mol. The Morgan fingerprint density at radius 3 is 2.89 bits per heavy atom. The van der Waals surface area contributed by atoms with Gasteiger partial charge >= 0.3 is 0 Å². The molecule has 0 fully saturated rings. The molecule has 1 heteroatoms. The molecule has 1 atom stereocenters. The van der Waals surface area contributed by atoms with Crippen molar-refractivity contribution in [3.05, 3.63) is 59.2 Å². The van der Waals surface area contributed by atoms with E-state index in [0.29, 0.717) is 5.92 Å². The van der Waals surface area contributed by atoms with Crippen LogP contribution in [0.4, 0.5) is 0 Å². The molecule has 0 spiro atoms. The Labute approximate surface area is 111 Å². The summed E-state index contributed by atoms with van der Waals surface area (Å²) >= 11 is 0. The van der Waals surface area contributed by atoms with E-state index in [0.717, 1.165) is 19.4 Å². The van der Waals surface area contributed by atoms with E-state index in [2.05, 4.69) is 54.7 Å². The Hall–Kier alpha value is -1.34. The van der Waals surface area contributed by atoms with Gasteiger partial charge in [0.25, 0.3) is 0 Å². The van der Waals surface area contributed by atoms with E-state index in [4.69, 9.17) is 0 Å². The van der Waals surface area contributed by atoms with Crippen molar-refractivity contribution in [3.63, 3.8) is 0 Å². The summed E-state index contributed by atoms with van der Waals surface area (Å²) in [5.41, 5.74) is 4.31. The molecule has 0 aliphatic heterocycles. The summed E-state index contributed by atoms with van der Waals surface area (Å²) in [6.07, 6.45) is 10.3. The average Bonchev–Trinajstić information content (AvgIpc) is 2.37. The normalized spacial score (nSPS) is 18.8. The van der Waals surface area contributed by atoms with Gasteiger partial charge in [0.15, 0.2) is 0 Å². The molecule has 0 radical (unpaired) electrons. The van der Waals surface area contributed by atoms with E-state index in [9.17, 15) is 0 Å². The third-order valence-corrected chi connectivity index (χ3v) is 3.40. The Bertz CT molecular complexity index is 443. The van der Waals surface area contributed by atoms with Gasteiger partial charge in [0.1, 0.15) is 0 Å². The molecule has 1 aromatic rings. The summed E-state index contributed by atoms with van der Waals surface area (Å²) in [5, 5.41) is 3.20. The van der Waals surface area contributed by atoms with Crippen molar-refractivity contribution in [2.75, 3.05) is 13.6 Å². The van der Waals surface area contributed by atoms with Crippen LogP contribution in [0.15, 0.2) is 48.1 Å². The van der Waals surface area contributed by atoms with Crippen LogP contribution in [-0.4, -0.2) is 13.6 Å². The molecule has 18 heavy (non-hydrogen) atoms. The van der Waals surface area contributed by atoms with Gasteiger partial charge in [0, 0.05) is 0 Å². The minimum atomic E-state index is 0.692. The van der Waals surface area contributed by atoms with Gasteiger partial charge < -0.3 is 5.32 Å². The maximum atomic E-state index is 3.20. The molecule has 1 unspecified atom stereocenters. The van der Waals surface area contributed by atoms with Crippen LogP contribution in [0.2, 0.25) is 0 Å². The van der Waals surface area contributed by atoms with Crippen LogP contribution in [0.1, 0.15) is 24.5 Å². The lowest BCUT2D eigenvalue weighted by Gasteiger charge is -2.13. The highest BCUT2D eigenvalue weighted by Crippen LogP contribution is 2.20. The van der Waals surface area contributed by atoms with Crippen LogP contribution in [0.3, 0.4) is 0 Å². The summed E-state index contributed by atoms with van der Waals surface area (Å²) in [5.74, 6) is 0.692. The molecule has 0 heterocycles. The summed E-state index contributed by atoms with van der Waals surface area (Å²) in [4.78, 5) is 0. The van der Waals surface area contributed by atoms with E-state index < -0.39 is 0 Å². The zero-order valence-corrected chi connectivity index (χ0v) is 11.4. The summed E-state index contributed by atoms with van der Waals surface area (Å²) in [7, 11) is 2.00. The maximum Gasteiger partial charge on any atom is -0.00114 e. The van der Waals surface area contributed by atoms with E-state index >= 15 is 0 Å². The number of benzene rings is 1. The molecule has 0 aromatic heterocycles. The van der Waals surface area contributed by atoms with E-state index in [1.807, 2.05) is 7.05 Å². The first kappa shape index (κ1) is 13.1. The molecule has 0 bridgehead atoms. The van der Waals surface area contributed by atoms with Crippen LogP contribution < -0.4 is 5.32 Å². The molecule has 1 aliphatic rings. The highest BCUT2D eigenvalue weighted by molar-refractivity contribution is 5.33. The van der Waals surface area contributed by atoms with E-state index in [1.54, 1.807) is 0 Å². The average molecular weight is 241 g/mol. The number of allylic oxidation sites excluding steroid dienone is 4. The van der Waals surface area contributed by atoms with Crippen LogP contribution in [-0.2, 0) is 12.8 Å². The minimum absolute atomic E-state index is 0.692. The van der Waals surface area contributed by atoms with Crippen LogP contribution in [0, 0.1) is 5.92 Å². The van der Waals surface area contributed by atoms with Gasteiger partial charge in [-0.2, -0.15) is 0 Å². The van der Waals surface area contributed by atoms with Crippen molar-refractivity contribution in [1.82, 2.24) is 5.32 Å². The lowest BCUT2D eigenvalue weighted by molar-refractivity contribution is 0.725. The van der Waals surface area contributed by atoms with Gasteiger partial charge in [0.2, 0.25) is 0 Å². The van der Waals surface area contributed by atoms with Crippen LogP contribution in [0.5, 0.6) is 0 Å². The molecule has 0 amide bonds. The number of nitrogens with one attached hydrogen (secondary N) is 1. The molecule has 1 N–H and O–H groups in total. The molecular formula is C17H23N. The SMILES string of the molecule is CNCCc1cccc(CC2=CC(C)CC=C2)c1. The second kappa shape index (κ2) is 6.55. The lowest BCUT2D eigenvalue weighted by Crippen LogP contribution is -2.10. The molecular weight excluding hydrogens is 218 g/mol. The number of hydrogen-bond donors (Lipinski definition) is 1. The summed E-state index contributed by atoms with van der Waals surface area (Å²) in [6.45, 7) is 3.33. The van der Waals surface area contributed by atoms with Gasteiger partial charge in [-0.1, -0.05) is 49.4 Å². The highest BCUT2D eigenvalue weighted by Gasteiger charge is 2.05. The fraction of sp³-hybridized carbons (Fsp3) is 0.412. The lowest BCUT2D eigenvalue weighted by atomic mass is 9.93. The van der Waals surface area contributed by atoms with Crippen molar-refractivity contribution >= 4 is 0 Å². The minimum Gasteiger partial charge on any atom is -0.319 e. The van der Waals surface area contributed by atoms with Crippen molar-refractivity contribution in [3.8, 4) is 0 Å². The Balaban J connectivity index is 2.02. The monoisotopic (exact) mass is 241 g/mol. The van der Waals surface area contributed by atoms with Gasteiger partial charge in [-0.25, -0.2) is 0 Å². The zero-order chi connectivity index (χ0) is 12.8. The molecule has 1 aromatic carbocycles. The predicted octanol–water partition coefficient (Wildman–Crippen LogP) is 3.51. The highest BCUT2D eigenvalue weighted by atomic mass is 14.8. The molecule has 0 saturated carbocycles. The van der Waals surface area contributed by atoms with Crippen LogP contribution >= 0.6 is 0 Å².